The minimum atomic E-state index is 0.285. The van der Waals surface area contributed by atoms with E-state index >= 15 is 0 Å². The van der Waals surface area contributed by atoms with Crippen LogP contribution < -0.4 is 16.2 Å². The van der Waals surface area contributed by atoms with Crippen molar-refractivity contribution >= 4 is 11.6 Å². The Balaban J connectivity index is 2.21. The first kappa shape index (κ1) is 12.1. The number of nitrogens with zero attached hydrogens (tertiary/aromatic N) is 3. The molecule has 0 aliphatic carbocycles. The number of hydrogen-bond donors (Lipinski definition) is 2. The summed E-state index contributed by atoms with van der Waals surface area (Å²) in [7, 11) is 1.76. The molecule has 6 nitrogen and oxygen atoms in total. The van der Waals surface area contributed by atoms with Gasteiger partial charge in [-0.05, 0) is 19.8 Å². The van der Waals surface area contributed by atoms with Crippen molar-refractivity contribution in [3.8, 4) is 0 Å². The molecule has 2 heterocycles. The zero-order valence-corrected chi connectivity index (χ0v) is 10.3. The second kappa shape index (κ2) is 5.29. The first-order valence-corrected chi connectivity index (χ1v) is 5.82. The highest BCUT2D eigenvalue weighted by molar-refractivity contribution is 5.57. The predicted octanol–water partition coefficient (Wildman–Crippen LogP) is 0.686. The van der Waals surface area contributed by atoms with E-state index in [2.05, 4.69) is 20.3 Å². The van der Waals surface area contributed by atoms with Crippen molar-refractivity contribution in [1.29, 1.82) is 0 Å². The number of piperidine rings is 1. The Hall–Kier alpha value is -1.40. The lowest BCUT2D eigenvalue weighted by atomic mass is 10.1. The third-order valence-electron chi connectivity index (χ3n) is 3.21. The largest absolute Gasteiger partial charge is 0.380 e. The number of hydrazine groups is 1. The number of anilines is 2. The zero-order chi connectivity index (χ0) is 12.3. The third kappa shape index (κ3) is 2.48. The fraction of sp³-hybridized carbons (Fsp3) is 0.636. The van der Waals surface area contributed by atoms with Crippen molar-refractivity contribution < 1.29 is 4.74 Å². The van der Waals surface area contributed by atoms with Gasteiger partial charge in [0, 0.05) is 25.8 Å². The molecule has 0 spiro atoms. The van der Waals surface area contributed by atoms with Crippen LogP contribution in [0.5, 0.6) is 0 Å². The summed E-state index contributed by atoms with van der Waals surface area (Å²) >= 11 is 0. The van der Waals surface area contributed by atoms with E-state index in [1.165, 1.54) is 6.33 Å². The molecule has 1 saturated heterocycles. The highest BCUT2D eigenvalue weighted by Crippen LogP contribution is 2.25. The van der Waals surface area contributed by atoms with E-state index in [0.29, 0.717) is 5.82 Å². The Bertz CT molecular complexity index is 384. The van der Waals surface area contributed by atoms with Crippen LogP contribution in [0.2, 0.25) is 0 Å². The monoisotopic (exact) mass is 237 g/mol. The van der Waals surface area contributed by atoms with Crippen molar-refractivity contribution in [3.05, 3.63) is 11.9 Å². The van der Waals surface area contributed by atoms with E-state index in [-0.39, 0.29) is 6.10 Å². The molecule has 1 aromatic rings. The van der Waals surface area contributed by atoms with Crippen LogP contribution in [-0.4, -0.2) is 36.3 Å². The second-order valence-corrected chi connectivity index (χ2v) is 4.26. The van der Waals surface area contributed by atoms with E-state index in [1.807, 2.05) is 6.92 Å². The van der Waals surface area contributed by atoms with Crippen LogP contribution in [0.1, 0.15) is 18.4 Å². The molecule has 0 saturated carbocycles. The maximum Gasteiger partial charge on any atom is 0.148 e. The summed E-state index contributed by atoms with van der Waals surface area (Å²) in [6.07, 6.45) is 4.05. The summed E-state index contributed by atoms with van der Waals surface area (Å²) in [5, 5.41) is 0. The number of aromatic nitrogens is 2. The average Bonchev–Trinajstić information content (AvgIpc) is 2.39. The van der Waals surface area contributed by atoms with Crippen molar-refractivity contribution in [2.24, 2.45) is 5.84 Å². The number of rotatable bonds is 3. The van der Waals surface area contributed by atoms with Gasteiger partial charge < -0.3 is 15.1 Å². The second-order valence-electron chi connectivity index (χ2n) is 4.26. The van der Waals surface area contributed by atoms with Crippen molar-refractivity contribution in [2.75, 3.05) is 30.5 Å². The predicted molar refractivity (Wildman–Crippen MR) is 66.8 cm³/mol. The molecule has 0 bridgehead atoms. The molecule has 1 unspecified atom stereocenters. The molecule has 2 rings (SSSR count). The number of methoxy groups -OCH3 is 1. The van der Waals surface area contributed by atoms with Crippen LogP contribution in [0, 0.1) is 6.92 Å². The molecule has 6 heteroatoms. The molecular formula is C11H19N5O. The quantitative estimate of drug-likeness (QED) is 0.595. The Morgan fingerprint density at radius 2 is 2.35 bits per heavy atom. The van der Waals surface area contributed by atoms with Gasteiger partial charge in [0.15, 0.2) is 0 Å². The topological polar surface area (TPSA) is 76.3 Å². The van der Waals surface area contributed by atoms with Gasteiger partial charge in [-0.2, -0.15) is 0 Å². The maximum atomic E-state index is 5.42. The lowest BCUT2D eigenvalue weighted by Crippen LogP contribution is -2.40. The van der Waals surface area contributed by atoms with Gasteiger partial charge in [-0.25, -0.2) is 15.8 Å². The van der Waals surface area contributed by atoms with E-state index in [0.717, 1.165) is 37.3 Å². The Kier molecular flexibility index (Phi) is 3.75. The normalized spacial score (nSPS) is 20.4. The summed E-state index contributed by atoms with van der Waals surface area (Å²) in [5.74, 6) is 7.03. The Labute approximate surface area is 101 Å². The van der Waals surface area contributed by atoms with E-state index in [4.69, 9.17) is 10.6 Å². The number of hydrogen-bond acceptors (Lipinski definition) is 6. The van der Waals surface area contributed by atoms with Crippen LogP contribution >= 0.6 is 0 Å². The van der Waals surface area contributed by atoms with E-state index in [9.17, 15) is 0 Å². The van der Waals surface area contributed by atoms with E-state index < -0.39 is 0 Å². The van der Waals surface area contributed by atoms with Crippen molar-refractivity contribution in [3.63, 3.8) is 0 Å². The highest BCUT2D eigenvalue weighted by Gasteiger charge is 2.22. The minimum absolute atomic E-state index is 0.285. The molecule has 94 valence electrons. The van der Waals surface area contributed by atoms with Crippen molar-refractivity contribution in [1.82, 2.24) is 9.97 Å². The smallest absolute Gasteiger partial charge is 0.148 e. The molecule has 3 N–H and O–H groups in total. The molecule has 1 fully saturated rings. The lowest BCUT2D eigenvalue weighted by molar-refractivity contribution is 0.0891. The molecule has 17 heavy (non-hydrogen) atoms. The molecule has 0 amide bonds. The Morgan fingerprint density at radius 1 is 1.53 bits per heavy atom. The number of ether oxygens (including phenoxy) is 1. The number of nitrogens with one attached hydrogen (secondary N) is 1. The van der Waals surface area contributed by atoms with Crippen LogP contribution in [0.3, 0.4) is 0 Å². The third-order valence-corrected chi connectivity index (χ3v) is 3.21. The number of nitrogen functional groups attached to an aromatic ring is 1. The summed E-state index contributed by atoms with van der Waals surface area (Å²) in [6, 6.07) is 0. The van der Waals surface area contributed by atoms with Gasteiger partial charge in [0.1, 0.15) is 18.0 Å². The van der Waals surface area contributed by atoms with Crippen LogP contribution in [0.25, 0.3) is 0 Å². The molecule has 0 aromatic carbocycles. The van der Waals surface area contributed by atoms with Crippen LogP contribution in [0.15, 0.2) is 6.33 Å². The molecular weight excluding hydrogens is 218 g/mol. The van der Waals surface area contributed by atoms with Crippen LogP contribution in [0.4, 0.5) is 11.6 Å². The van der Waals surface area contributed by atoms with Gasteiger partial charge >= 0.3 is 0 Å². The molecule has 1 aliphatic heterocycles. The van der Waals surface area contributed by atoms with Gasteiger partial charge in [0.05, 0.1) is 6.10 Å². The zero-order valence-electron chi connectivity index (χ0n) is 10.3. The lowest BCUT2D eigenvalue weighted by Gasteiger charge is -2.33. The average molecular weight is 237 g/mol. The summed E-state index contributed by atoms with van der Waals surface area (Å²) < 4.78 is 5.41. The van der Waals surface area contributed by atoms with E-state index in [1.54, 1.807) is 7.11 Å². The van der Waals surface area contributed by atoms with Crippen LogP contribution in [-0.2, 0) is 4.74 Å². The fourth-order valence-electron chi connectivity index (χ4n) is 2.23. The summed E-state index contributed by atoms with van der Waals surface area (Å²) in [5.41, 5.74) is 3.57. The Morgan fingerprint density at radius 3 is 3.06 bits per heavy atom. The van der Waals surface area contributed by atoms with Gasteiger partial charge in [-0.3, -0.25) is 0 Å². The first-order chi connectivity index (χ1) is 8.26. The van der Waals surface area contributed by atoms with Crippen molar-refractivity contribution in [2.45, 2.75) is 25.9 Å². The SMILES string of the molecule is COC1CCCN(c2ncnc(NN)c2C)C1. The standard InChI is InChI=1S/C11H19N5O/c1-8-10(15-12)13-7-14-11(8)16-5-3-4-9(6-16)17-2/h7,9H,3-6,12H2,1-2H3,(H,13,14,15). The van der Waals surface area contributed by atoms with Gasteiger partial charge in [-0.15, -0.1) is 0 Å². The first-order valence-electron chi connectivity index (χ1n) is 5.82. The molecule has 1 aliphatic rings. The fourth-order valence-corrected chi connectivity index (χ4v) is 2.23. The summed E-state index contributed by atoms with van der Waals surface area (Å²) in [4.78, 5) is 10.7. The molecule has 0 radical (unpaired) electrons. The minimum Gasteiger partial charge on any atom is -0.380 e. The van der Waals surface area contributed by atoms with Gasteiger partial charge in [-0.1, -0.05) is 0 Å². The molecule has 1 aromatic heterocycles. The number of nitrogens with two attached hydrogens (primary N) is 1. The van der Waals surface area contributed by atoms with Gasteiger partial charge in [0.2, 0.25) is 0 Å². The molecule has 1 atom stereocenters. The maximum absolute atomic E-state index is 5.42. The highest BCUT2D eigenvalue weighted by atomic mass is 16.5. The summed E-state index contributed by atoms with van der Waals surface area (Å²) in [6.45, 7) is 3.85. The van der Waals surface area contributed by atoms with Gasteiger partial charge in [0.25, 0.3) is 0 Å².